The predicted molar refractivity (Wildman–Crippen MR) is 128 cm³/mol. The first-order chi connectivity index (χ1) is 15.7. The molecule has 0 amide bonds. The highest BCUT2D eigenvalue weighted by molar-refractivity contribution is 8.00. The van der Waals surface area contributed by atoms with Crippen molar-refractivity contribution >= 4 is 23.2 Å². The van der Waals surface area contributed by atoms with Crippen molar-refractivity contribution in [3.63, 3.8) is 0 Å². The fourth-order valence-electron chi connectivity index (χ4n) is 4.26. The number of para-hydroxylation sites is 1. The molecule has 5 heteroatoms. The molecule has 5 rings (SSSR count). The van der Waals surface area contributed by atoms with Crippen molar-refractivity contribution < 1.29 is 14.3 Å². The highest BCUT2D eigenvalue weighted by atomic mass is 32.2. The molecule has 0 unspecified atom stereocenters. The predicted octanol–water partition coefficient (Wildman–Crippen LogP) is 6.54. The fraction of sp³-hybridized carbons (Fsp3) is 0.222. The molecule has 0 saturated carbocycles. The largest absolute Gasteiger partial charge is 0.493 e. The lowest BCUT2D eigenvalue weighted by atomic mass is 9.89. The maximum absolute atomic E-state index is 13.0. The van der Waals surface area contributed by atoms with Crippen LogP contribution in [-0.2, 0) is 11.4 Å². The Morgan fingerprint density at radius 2 is 1.78 bits per heavy atom. The van der Waals surface area contributed by atoms with E-state index >= 15 is 0 Å². The normalized spacial score (nSPS) is 17.7. The van der Waals surface area contributed by atoms with Gasteiger partial charge >= 0.3 is 0 Å². The SMILES string of the molecule is COc1cc([C@H]2Sc3ccccc3NC3=C2C(=O)CCC3)ccc1OCc1ccccc1. The van der Waals surface area contributed by atoms with Crippen molar-refractivity contribution in [2.45, 2.75) is 36.0 Å². The van der Waals surface area contributed by atoms with E-state index in [1.165, 1.54) is 0 Å². The molecule has 0 bridgehead atoms. The summed E-state index contributed by atoms with van der Waals surface area (Å²) in [6.07, 6.45) is 2.38. The van der Waals surface area contributed by atoms with E-state index in [-0.39, 0.29) is 11.0 Å². The third-order valence-electron chi connectivity index (χ3n) is 5.86. The smallest absolute Gasteiger partial charge is 0.162 e. The van der Waals surface area contributed by atoms with Crippen LogP contribution in [-0.4, -0.2) is 12.9 Å². The van der Waals surface area contributed by atoms with Gasteiger partial charge in [-0.1, -0.05) is 48.5 Å². The number of benzene rings is 3. The van der Waals surface area contributed by atoms with Crippen LogP contribution in [0.3, 0.4) is 0 Å². The van der Waals surface area contributed by atoms with Gasteiger partial charge in [-0.2, -0.15) is 0 Å². The van der Waals surface area contributed by atoms with E-state index in [0.29, 0.717) is 24.5 Å². The van der Waals surface area contributed by atoms with E-state index in [0.717, 1.165) is 45.8 Å². The second-order valence-electron chi connectivity index (χ2n) is 7.97. The molecule has 4 nitrogen and oxygen atoms in total. The number of ketones is 1. The Hall–Kier alpha value is -3.18. The topological polar surface area (TPSA) is 47.6 Å². The Morgan fingerprint density at radius 1 is 0.969 bits per heavy atom. The third kappa shape index (κ3) is 4.13. The summed E-state index contributed by atoms with van der Waals surface area (Å²) in [7, 11) is 1.65. The first kappa shape index (κ1) is 20.7. The van der Waals surface area contributed by atoms with Gasteiger partial charge in [-0.25, -0.2) is 0 Å². The summed E-state index contributed by atoms with van der Waals surface area (Å²) in [5, 5.41) is 3.46. The van der Waals surface area contributed by atoms with Crippen LogP contribution < -0.4 is 14.8 Å². The van der Waals surface area contributed by atoms with Gasteiger partial charge in [0.2, 0.25) is 0 Å². The van der Waals surface area contributed by atoms with Crippen LogP contribution in [0.15, 0.2) is 89.0 Å². The van der Waals surface area contributed by atoms with Crippen molar-refractivity contribution in [3.8, 4) is 11.5 Å². The zero-order chi connectivity index (χ0) is 21.9. The Kier molecular flexibility index (Phi) is 5.91. The molecule has 3 aromatic carbocycles. The van der Waals surface area contributed by atoms with E-state index in [1.54, 1.807) is 18.9 Å². The van der Waals surface area contributed by atoms with Crippen LogP contribution >= 0.6 is 11.8 Å². The molecule has 0 fully saturated rings. The summed E-state index contributed by atoms with van der Waals surface area (Å²) in [4.78, 5) is 14.2. The Morgan fingerprint density at radius 3 is 2.62 bits per heavy atom. The van der Waals surface area contributed by atoms with Crippen LogP contribution in [0.2, 0.25) is 0 Å². The molecule has 1 atom stereocenters. The van der Waals surface area contributed by atoms with Crippen molar-refractivity contribution in [2.24, 2.45) is 0 Å². The number of carbonyl (C=O) groups excluding carboxylic acids is 1. The Labute approximate surface area is 192 Å². The number of thioether (sulfide) groups is 1. The van der Waals surface area contributed by atoms with Gasteiger partial charge in [0.05, 0.1) is 18.0 Å². The number of Topliss-reactive ketones (excluding diaryl/α,β-unsaturated/α-hetero) is 1. The molecule has 1 heterocycles. The Balaban J connectivity index is 1.50. The number of methoxy groups -OCH3 is 1. The number of carbonyl (C=O) groups is 1. The summed E-state index contributed by atoms with van der Waals surface area (Å²) in [5.41, 5.74) is 5.14. The van der Waals surface area contributed by atoms with Crippen LogP contribution in [0.1, 0.15) is 35.6 Å². The zero-order valence-corrected chi connectivity index (χ0v) is 18.8. The first-order valence-electron chi connectivity index (χ1n) is 10.9. The van der Waals surface area contributed by atoms with E-state index < -0.39 is 0 Å². The molecule has 1 aliphatic carbocycles. The van der Waals surface area contributed by atoms with Gasteiger partial charge in [0, 0.05) is 22.6 Å². The van der Waals surface area contributed by atoms with E-state index in [1.807, 2.05) is 54.6 Å². The van der Waals surface area contributed by atoms with Crippen molar-refractivity contribution in [1.82, 2.24) is 0 Å². The molecule has 0 saturated heterocycles. The summed E-state index contributed by atoms with van der Waals surface area (Å²) in [6, 6.07) is 24.3. The monoisotopic (exact) mass is 443 g/mol. The summed E-state index contributed by atoms with van der Waals surface area (Å²) < 4.78 is 11.7. The fourth-order valence-corrected chi connectivity index (χ4v) is 5.59. The molecule has 3 aromatic rings. The number of hydrogen-bond donors (Lipinski definition) is 1. The summed E-state index contributed by atoms with van der Waals surface area (Å²) >= 11 is 1.72. The van der Waals surface area contributed by atoms with Crippen LogP contribution in [0.4, 0.5) is 5.69 Å². The minimum absolute atomic E-state index is 0.0916. The number of hydrogen-bond acceptors (Lipinski definition) is 5. The highest BCUT2D eigenvalue weighted by Gasteiger charge is 2.33. The molecule has 32 heavy (non-hydrogen) atoms. The van der Waals surface area contributed by atoms with Crippen molar-refractivity contribution in [2.75, 3.05) is 12.4 Å². The molecule has 162 valence electrons. The van der Waals surface area contributed by atoms with Gasteiger partial charge in [0.15, 0.2) is 17.3 Å². The maximum atomic E-state index is 13.0. The molecule has 0 spiro atoms. The first-order valence-corrected chi connectivity index (χ1v) is 11.7. The van der Waals surface area contributed by atoms with E-state index in [4.69, 9.17) is 9.47 Å². The molecular formula is C27H25NO3S. The molecule has 2 aliphatic rings. The number of rotatable bonds is 5. The number of allylic oxidation sites excluding steroid dienone is 1. The average Bonchev–Trinajstić information content (AvgIpc) is 3.01. The minimum Gasteiger partial charge on any atom is -0.493 e. The maximum Gasteiger partial charge on any atom is 0.162 e. The minimum atomic E-state index is -0.0916. The van der Waals surface area contributed by atoms with Crippen LogP contribution in [0, 0.1) is 0 Å². The van der Waals surface area contributed by atoms with E-state index in [9.17, 15) is 4.79 Å². The number of nitrogens with one attached hydrogen (secondary N) is 1. The van der Waals surface area contributed by atoms with Crippen molar-refractivity contribution in [1.29, 1.82) is 0 Å². The van der Waals surface area contributed by atoms with E-state index in [2.05, 4.69) is 23.5 Å². The van der Waals surface area contributed by atoms with Crippen LogP contribution in [0.5, 0.6) is 11.5 Å². The lowest BCUT2D eigenvalue weighted by Crippen LogP contribution is -2.19. The average molecular weight is 444 g/mol. The molecule has 0 aromatic heterocycles. The van der Waals surface area contributed by atoms with Gasteiger partial charge in [-0.15, -0.1) is 11.8 Å². The van der Waals surface area contributed by atoms with Crippen LogP contribution in [0.25, 0.3) is 0 Å². The number of anilines is 1. The number of fused-ring (bicyclic) bond motifs is 1. The third-order valence-corrected chi connectivity index (χ3v) is 7.22. The molecule has 1 aliphatic heterocycles. The second kappa shape index (κ2) is 9.13. The molecular weight excluding hydrogens is 418 g/mol. The number of ether oxygens (including phenoxy) is 2. The lowest BCUT2D eigenvalue weighted by molar-refractivity contribution is -0.116. The summed E-state index contributed by atoms with van der Waals surface area (Å²) in [6.45, 7) is 0.472. The summed E-state index contributed by atoms with van der Waals surface area (Å²) in [5.74, 6) is 1.60. The standard InChI is InChI=1S/C27H25NO3S/c1-30-24-16-19(14-15-23(24)31-17-18-8-3-2-4-9-18)27-26-21(11-7-12-22(26)29)28-20-10-5-6-13-25(20)32-27/h2-6,8-10,13-16,27-28H,7,11-12,17H2,1H3/t27-/m1/s1. The van der Waals surface area contributed by atoms with Crippen molar-refractivity contribution in [3.05, 3.63) is 95.2 Å². The zero-order valence-electron chi connectivity index (χ0n) is 18.0. The van der Waals surface area contributed by atoms with Gasteiger partial charge in [0.25, 0.3) is 0 Å². The van der Waals surface area contributed by atoms with Gasteiger partial charge in [-0.05, 0) is 48.2 Å². The Bertz CT molecular complexity index is 1170. The van der Waals surface area contributed by atoms with Gasteiger partial charge < -0.3 is 14.8 Å². The molecule has 0 radical (unpaired) electrons. The quantitative estimate of drug-likeness (QED) is 0.485. The van der Waals surface area contributed by atoms with Gasteiger partial charge in [0.1, 0.15) is 6.61 Å². The lowest BCUT2D eigenvalue weighted by Gasteiger charge is -2.24. The second-order valence-corrected chi connectivity index (χ2v) is 9.12. The highest BCUT2D eigenvalue weighted by Crippen LogP contribution is 2.50. The van der Waals surface area contributed by atoms with Gasteiger partial charge in [-0.3, -0.25) is 4.79 Å². The molecule has 1 N–H and O–H groups in total.